The number of aromatic nitrogens is 1. The van der Waals surface area contributed by atoms with Gasteiger partial charge in [-0.2, -0.15) is 0 Å². The predicted molar refractivity (Wildman–Crippen MR) is 81.1 cm³/mol. The number of carbonyl (C=O) groups is 1. The molecule has 0 aliphatic rings. The number of nitrogens with zero attached hydrogens (tertiary/aromatic N) is 1. The molecule has 0 atom stereocenters. The minimum absolute atomic E-state index is 0.238. The van der Waals surface area contributed by atoms with Crippen LogP contribution in [0.1, 0.15) is 10.5 Å². The molecule has 2 aromatic carbocycles. The van der Waals surface area contributed by atoms with Gasteiger partial charge in [0.2, 0.25) is 0 Å². The van der Waals surface area contributed by atoms with E-state index >= 15 is 0 Å². The summed E-state index contributed by atoms with van der Waals surface area (Å²) in [6, 6.07) is 16.5. The van der Waals surface area contributed by atoms with Gasteiger partial charge in [0.15, 0.2) is 0 Å². The summed E-state index contributed by atoms with van der Waals surface area (Å²) < 4.78 is 0. The van der Waals surface area contributed by atoms with Crippen molar-refractivity contribution in [2.45, 2.75) is 0 Å². The number of halogens is 1. The van der Waals surface area contributed by atoms with Crippen molar-refractivity contribution < 1.29 is 4.79 Å². The van der Waals surface area contributed by atoms with Crippen molar-refractivity contribution in [1.82, 2.24) is 4.98 Å². The zero-order chi connectivity index (χ0) is 13.9. The van der Waals surface area contributed by atoms with E-state index in [2.05, 4.69) is 10.3 Å². The molecule has 0 aliphatic carbocycles. The predicted octanol–water partition coefficient (Wildman–Crippen LogP) is 4.14. The minimum Gasteiger partial charge on any atom is -0.320 e. The van der Waals surface area contributed by atoms with Crippen LogP contribution in [0.4, 0.5) is 5.69 Å². The lowest BCUT2D eigenvalue weighted by Crippen LogP contribution is -2.13. The summed E-state index contributed by atoms with van der Waals surface area (Å²) in [6.45, 7) is 0. The summed E-state index contributed by atoms with van der Waals surface area (Å²) in [5.74, 6) is -0.238. The first-order chi connectivity index (χ1) is 9.75. The Labute approximate surface area is 121 Å². The van der Waals surface area contributed by atoms with E-state index in [0.717, 1.165) is 16.5 Å². The number of anilines is 1. The van der Waals surface area contributed by atoms with E-state index in [1.807, 2.05) is 24.3 Å². The largest absolute Gasteiger partial charge is 0.320 e. The highest BCUT2D eigenvalue weighted by Crippen LogP contribution is 2.29. The highest BCUT2D eigenvalue weighted by molar-refractivity contribution is 6.36. The van der Waals surface area contributed by atoms with Gasteiger partial charge in [0.05, 0.1) is 0 Å². The minimum atomic E-state index is -0.238. The average molecular weight is 283 g/mol. The summed E-state index contributed by atoms with van der Waals surface area (Å²) in [5.41, 5.74) is 1.10. The van der Waals surface area contributed by atoms with Crippen molar-refractivity contribution in [3.8, 4) is 0 Å². The van der Waals surface area contributed by atoms with E-state index in [9.17, 15) is 4.79 Å². The summed E-state index contributed by atoms with van der Waals surface area (Å²) in [4.78, 5) is 16.2. The lowest BCUT2D eigenvalue weighted by atomic mass is 10.1. The second-order valence-electron chi connectivity index (χ2n) is 4.31. The highest BCUT2D eigenvalue weighted by atomic mass is 35.5. The van der Waals surface area contributed by atoms with Gasteiger partial charge < -0.3 is 5.32 Å². The maximum atomic E-state index is 12.1. The Morgan fingerprint density at radius 2 is 1.70 bits per heavy atom. The van der Waals surface area contributed by atoms with Crippen LogP contribution in [0.15, 0.2) is 60.8 Å². The molecule has 20 heavy (non-hydrogen) atoms. The third-order valence-corrected chi connectivity index (χ3v) is 3.35. The number of nitrogens with one attached hydrogen (secondary N) is 1. The quantitative estimate of drug-likeness (QED) is 0.767. The van der Waals surface area contributed by atoms with Crippen LogP contribution in [0.5, 0.6) is 0 Å². The van der Waals surface area contributed by atoms with E-state index in [-0.39, 0.29) is 5.91 Å². The topological polar surface area (TPSA) is 42.0 Å². The number of hydrogen-bond donors (Lipinski definition) is 1. The lowest BCUT2D eigenvalue weighted by molar-refractivity contribution is 0.102. The van der Waals surface area contributed by atoms with Crippen molar-refractivity contribution in [3.63, 3.8) is 0 Å². The molecule has 0 saturated carbocycles. The zero-order valence-corrected chi connectivity index (χ0v) is 11.3. The molecule has 0 bridgehead atoms. The molecule has 0 fully saturated rings. The van der Waals surface area contributed by atoms with Crippen LogP contribution >= 0.6 is 11.6 Å². The summed E-state index contributed by atoms with van der Waals surface area (Å²) in [7, 11) is 0. The molecule has 0 spiro atoms. The standard InChI is InChI=1S/C16H11ClN2O/c17-13-8-9-14(12-6-2-1-5-11(12)13)19-16(20)15-7-3-4-10-18-15/h1-10H,(H,19,20). The molecule has 1 aromatic heterocycles. The Bertz CT molecular complexity index is 772. The normalized spacial score (nSPS) is 10.4. The number of fused-ring (bicyclic) bond motifs is 1. The molecule has 0 aliphatic heterocycles. The Kier molecular flexibility index (Phi) is 3.35. The van der Waals surface area contributed by atoms with Gasteiger partial charge in [-0.25, -0.2) is 0 Å². The molecular weight excluding hydrogens is 272 g/mol. The monoisotopic (exact) mass is 282 g/mol. The van der Waals surface area contributed by atoms with Gasteiger partial charge in [-0.3, -0.25) is 9.78 Å². The van der Waals surface area contributed by atoms with Crippen molar-refractivity contribution in [2.75, 3.05) is 5.32 Å². The van der Waals surface area contributed by atoms with Gasteiger partial charge in [0.1, 0.15) is 5.69 Å². The second kappa shape index (κ2) is 5.31. The Hall–Kier alpha value is -2.39. The molecule has 1 amide bonds. The third-order valence-electron chi connectivity index (χ3n) is 3.02. The second-order valence-corrected chi connectivity index (χ2v) is 4.72. The van der Waals surface area contributed by atoms with E-state index in [4.69, 9.17) is 11.6 Å². The molecule has 4 heteroatoms. The number of hydrogen-bond acceptors (Lipinski definition) is 2. The van der Waals surface area contributed by atoms with Crippen LogP contribution in [0.2, 0.25) is 5.02 Å². The molecule has 0 unspecified atom stereocenters. The van der Waals surface area contributed by atoms with E-state index in [1.54, 1.807) is 36.5 Å². The lowest BCUT2D eigenvalue weighted by Gasteiger charge is -2.09. The van der Waals surface area contributed by atoms with Gasteiger partial charge in [-0.1, -0.05) is 41.9 Å². The molecule has 1 N–H and O–H groups in total. The van der Waals surface area contributed by atoms with Gasteiger partial charge in [-0.15, -0.1) is 0 Å². The molecule has 3 nitrogen and oxygen atoms in total. The van der Waals surface area contributed by atoms with Gasteiger partial charge >= 0.3 is 0 Å². The molecule has 0 radical (unpaired) electrons. The highest BCUT2D eigenvalue weighted by Gasteiger charge is 2.10. The molecular formula is C16H11ClN2O. The van der Waals surface area contributed by atoms with Crippen LogP contribution < -0.4 is 5.32 Å². The van der Waals surface area contributed by atoms with E-state index in [0.29, 0.717) is 10.7 Å². The SMILES string of the molecule is O=C(Nc1ccc(Cl)c2ccccc12)c1ccccn1. The first-order valence-corrected chi connectivity index (χ1v) is 6.53. The van der Waals surface area contributed by atoms with Crippen LogP contribution in [0.3, 0.4) is 0 Å². The van der Waals surface area contributed by atoms with Crippen molar-refractivity contribution in [3.05, 3.63) is 71.5 Å². The summed E-state index contributed by atoms with van der Waals surface area (Å²) in [5, 5.41) is 5.35. The van der Waals surface area contributed by atoms with Gasteiger partial charge in [0.25, 0.3) is 5.91 Å². The third kappa shape index (κ3) is 2.36. The maximum absolute atomic E-state index is 12.1. The molecule has 3 aromatic rings. The number of amides is 1. The fourth-order valence-corrected chi connectivity index (χ4v) is 2.28. The van der Waals surface area contributed by atoms with Crippen LogP contribution in [0.25, 0.3) is 10.8 Å². The van der Waals surface area contributed by atoms with Crippen LogP contribution in [-0.4, -0.2) is 10.9 Å². The zero-order valence-electron chi connectivity index (χ0n) is 10.5. The van der Waals surface area contributed by atoms with Gasteiger partial charge in [-0.05, 0) is 24.3 Å². The van der Waals surface area contributed by atoms with Crippen LogP contribution in [0, 0.1) is 0 Å². The smallest absolute Gasteiger partial charge is 0.274 e. The Morgan fingerprint density at radius 1 is 0.950 bits per heavy atom. The molecule has 3 rings (SSSR count). The maximum Gasteiger partial charge on any atom is 0.274 e. The van der Waals surface area contributed by atoms with E-state index in [1.165, 1.54) is 0 Å². The summed E-state index contributed by atoms with van der Waals surface area (Å²) >= 11 is 6.16. The summed E-state index contributed by atoms with van der Waals surface area (Å²) in [6.07, 6.45) is 1.59. The molecule has 0 saturated heterocycles. The van der Waals surface area contributed by atoms with E-state index < -0.39 is 0 Å². The Morgan fingerprint density at radius 3 is 2.45 bits per heavy atom. The van der Waals surface area contributed by atoms with Crippen molar-refractivity contribution >= 4 is 34.0 Å². The molecule has 1 heterocycles. The average Bonchev–Trinajstić information content (AvgIpc) is 2.51. The first kappa shape index (κ1) is 12.6. The number of pyridine rings is 1. The van der Waals surface area contributed by atoms with Crippen molar-refractivity contribution in [2.24, 2.45) is 0 Å². The fraction of sp³-hybridized carbons (Fsp3) is 0. The fourth-order valence-electron chi connectivity index (χ4n) is 2.05. The van der Waals surface area contributed by atoms with Crippen molar-refractivity contribution in [1.29, 1.82) is 0 Å². The van der Waals surface area contributed by atoms with Crippen LogP contribution in [-0.2, 0) is 0 Å². The Balaban J connectivity index is 2.00. The number of benzene rings is 2. The molecule has 98 valence electrons. The first-order valence-electron chi connectivity index (χ1n) is 6.15. The number of carbonyl (C=O) groups excluding carboxylic acids is 1. The number of rotatable bonds is 2. The van der Waals surface area contributed by atoms with Gasteiger partial charge in [0, 0.05) is 27.7 Å².